The first-order valence-electron chi connectivity index (χ1n) is 7.70. The van der Waals surface area contributed by atoms with Crippen molar-refractivity contribution in [1.82, 2.24) is 4.90 Å². The van der Waals surface area contributed by atoms with E-state index in [1.54, 1.807) is 0 Å². The Kier molecular flexibility index (Phi) is 6.31. The standard InChI is InChI=1S/C21H21N/c1-3-22(4-2)21(17-15-19-11-7-5-8-12-19)18-16-20-13-9-6-10-14-20/h5-14,21H,3-4H2,1-2H3. The third-order valence-electron chi connectivity index (χ3n) is 3.43. The fraction of sp³-hybridized carbons (Fsp3) is 0.238. The van der Waals surface area contributed by atoms with E-state index in [0.29, 0.717) is 0 Å². The number of hydrogen-bond acceptors (Lipinski definition) is 1. The summed E-state index contributed by atoms with van der Waals surface area (Å²) < 4.78 is 0. The smallest absolute Gasteiger partial charge is 0.134 e. The maximum Gasteiger partial charge on any atom is 0.134 e. The topological polar surface area (TPSA) is 3.24 Å². The van der Waals surface area contributed by atoms with Gasteiger partial charge in [-0.25, -0.2) is 0 Å². The summed E-state index contributed by atoms with van der Waals surface area (Å²) in [7, 11) is 0. The van der Waals surface area contributed by atoms with Gasteiger partial charge >= 0.3 is 0 Å². The Morgan fingerprint density at radius 2 is 1.14 bits per heavy atom. The van der Waals surface area contributed by atoms with Crippen molar-refractivity contribution in [2.75, 3.05) is 13.1 Å². The summed E-state index contributed by atoms with van der Waals surface area (Å²) in [4.78, 5) is 2.27. The van der Waals surface area contributed by atoms with Gasteiger partial charge in [0.15, 0.2) is 0 Å². The van der Waals surface area contributed by atoms with Gasteiger partial charge in [0.25, 0.3) is 0 Å². The van der Waals surface area contributed by atoms with Crippen LogP contribution in [-0.4, -0.2) is 24.0 Å². The minimum absolute atomic E-state index is 0.0459. The Morgan fingerprint density at radius 1 is 0.727 bits per heavy atom. The SMILES string of the molecule is CCN(CC)C(C#Cc1ccccc1)C#Cc1ccccc1. The molecule has 0 spiro atoms. The zero-order valence-electron chi connectivity index (χ0n) is 13.2. The van der Waals surface area contributed by atoms with Gasteiger partial charge in [0.2, 0.25) is 0 Å². The molecule has 22 heavy (non-hydrogen) atoms. The normalized spacial score (nSPS) is 9.82. The second-order valence-electron chi connectivity index (χ2n) is 4.89. The monoisotopic (exact) mass is 287 g/mol. The fourth-order valence-electron chi connectivity index (χ4n) is 2.15. The third kappa shape index (κ3) is 4.81. The van der Waals surface area contributed by atoms with Gasteiger partial charge in [-0.2, -0.15) is 0 Å². The van der Waals surface area contributed by atoms with Gasteiger partial charge in [-0.15, -0.1) is 0 Å². The highest BCUT2D eigenvalue weighted by molar-refractivity contribution is 5.40. The molecular weight excluding hydrogens is 266 g/mol. The summed E-state index contributed by atoms with van der Waals surface area (Å²) >= 11 is 0. The molecule has 0 aliphatic rings. The molecule has 0 aliphatic heterocycles. The molecule has 0 heterocycles. The Bertz CT molecular complexity index is 619. The molecule has 0 N–H and O–H groups in total. The van der Waals surface area contributed by atoms with E-state index in [2.05, 4.69) is 42.4 Å². The van der Waals surface area contributed by atoms with Crippen LogP contribution in [0.25, 0.3) is 0 Å². The van der Waals surface area contributed by atoms with Gasteiger partial charge in [-0.05, 0) is 37.4 Å². The summed E-state index contributed by atoms with van der Waals surface area (Å²) in [6.07, 6.45) is 0. The quantitative estimate of drug-likeness (QED) is 0.776. The van der Waals surface area contributed by atoms with E-state index < -0.39 is 0 Å². The van der Waals surface area contributed by atoms with Crippen LogP contribution in [0.5, 0.6) is 0 Å². The number of benzene rings is 2. The highest BCUT2D eigenvalue weighted by Crippen LogP contribution is 2.01. The van der Waals surface area contributed by atoms with E-state index >= 15 is 0 Å². The predicted octanol–water partition coefficient (Wildman–Crippen LogP) is 3.80. The summed E-state index contributed by atoms with van der Waals surface area (Å²) in [6, 6.07) is 20.1. The molecule has 0 saturated heterocycles. The first-order chi connectivity index (χ1) is 10.8. The van der Waals surface area contributed by atoms with Crippen LogP contribution in [0.15, 0.2) is 60.7 Å². The van der Waals surface area contributed by atoms with Crippen molar-refractivity contribution in [1.29, 1.82) is 0 Å². The number of hydrogen-bond donors (Lipinski definition) is 0. The molecule has 2 aromatic carbocycles. The second kappa shape index (κ2) is 8.73. The lowest BCUT2D eigenvalue weighted by atomic mass is 10.1. The Balaban J connectivity index is 2.24. The van der Waals surface area contributed by atoms with E-state index in [9.17, 15) is 0 Å². The van der Waals surface area contributed by atoms with Crippen LogP contribution in [-0.2, 0) is 0 Å². The molecule has 2 rings (SSSR count). The van der Waals surface area contributed by atoms with E-state index in [0.717, 1.165) is 24.2 Å². The third-order valence-corrected chi connectivity index (χ3v) is 3.43. The van der Waals surface area contributed by atoms with Crippen LogP contribution in [0.1, 0.15) is 25.0 Å². The molecule has 0 atom stereocenters. The highest BCUT2D eigenvalue weighted by atomic mass is 15.1. The van der Waals surface area contributed by atoms with Crippen molar-refractivity contribution in [3.8, 4) is 23.7 Å². The first kappa shape index (κ1) is 15.9. The average Bonchev–Trinajstić information content (AvgIpc) is 2.59. The van der Waals surface area contributed by atoms with Crippen molar-refractivity contribution in [2.45, 2.75) is 19.9 Å². The maximum atomic E-state index is 3.31. The molecule has 0 aliphatic carbocycles. The second-order valence-corrected chi connectivity index (χ2v) is 4.89. The molecule has 0 bridgehead atoms. The Hall–Kier alpha value is -2.48. The van der Waals surface area contributed by atoms with Crippen molar-refractivity contribution < 1.29 is 0 Å². The first-order valence-corrected chi connectivity index (χ1v) is 7.70. The molecule has 0 unspecified atom stereocenters. The van der Waals surface area contributed by atoms with Crippen LogP contribution in [0, 0.1) is 23.7 Å². The Labute approximate surface area is 134 Å². The fourth-order valence-corrected chi connectivity index (χ4v) is 2.15. The molecule has 1 heteroatoms. The molecular formula is C21H21N. The summed E-state index contributed by atoms with van der Waals surface area (Å²) in [5.74, 6) is 13.1. The zero-order valence-corrected chi connectivity index (χ0v) is 13.2. The van der Waals surface area contributed by atoms with E-state index in [-0.39, 0.29) is 6.04 Å². The lowest BCUT2D eigenvalue weighted by Crippen LogP contribution is -2.32. The van der Waals surface area contributed by atoms with Gasteiger partial charge in [0, 0.05) is 11.1 Å². The molecule has 0 fully saturated rings. The summed E-state index contributed by atoms with van der Waals surface area (Å²) in [5, 5.41) is 0. The minimum Gasteiger partial charge on any atom is -0.280 e. The van der Waals surface area contributed by atoms with Gasteiger partial charge in [0.05, 0.1) is 0 Å². The zero-order chi connectivity index (χ0) is 15.6. The van der Waals surface area contributed by atoms with Crippen LogP contribution in [0.3, 0.4) is 0 Å². The molecule has 0 amide bonds. The van der Waals surface area contributed by atoms with Crippen LogP contribution in [0.4, 0.5) is 0 Å². The summed E-state index contributed by atoms with van der Waals surface area (Å²) in [6.45, 7) is 6.16. The van der Waals surface area contributed by atoms with Crippen molar-refractivity contribution in [3.05, 3.63) is 71.8 Å². The lowest BCUT2D eigenvalue weighted by Gasteiger charge is -2.20. The van der Waals surface area contributed by atoms with Crippen LogP contribution < -0.4 is 0 Å². The van der Waals surface area contributed by atoms with Gasteiger partial charge in [-0.1, -0.05) is 73.9 Å². The average molecular weight is 287 g/mol. The summed E-state index contributed by atoms with van der Waals surface area (Å²) in [5.41, 5.74) is 2.06. The van der Waals surface area contributed by atoms with Crippen molar-refractivity contribution in [3.63, 3.8) is 0 Å². The van der Waals surface area contributed by atoms with Crippen molar-refractivity contribution >= 4 is 0 Å². The van der Waals surface area contributed by atoms with E-state index in [4.69, 9.17) is 0 Å². The van der Waals surface area contributed by atoms with Gasteiger partial charge in [-0.3, -0.25) is 4.90 Å². The van der Waals surface area contributed by atoms with Gasteiger partial charge in [0.1, 0.15) is 6.04 Å². The largest absolute Gasteiger partial charge is 0.280 e. The predicted molar refractivity (Wildman–Crippen MR) is 93.3 cm³/mol. The van der Waals surface area contributed by atoms with E-state index in [1.807, 2.05) is 60.7 Å². The van der Waals surface area contributed by atoms with Crippen LogP contribution >= 0.6 is 0 Å². The molecule has 0 aromatic heterocycles. The van der Waals surface area contributed by atoms with Crippen LogP contribution in [0.2, 0.25) is 0 Å². The van der Waals surface area contributed by atoms with Gasteiger partial charge < -0.3 is 0 Å². The van der Waals surface area contributed by atoms with E-state index in [1.165, 1.54) is 0 Å². The minimum atomic E-state index is -0.0459. The molecule has 2 aromatic rings. The molecule has 0 saturated carbocycles. The lowest BCUT2D eigenvalue weighted by molar-refractivity contribution is 0.301. The van der Waals surface area contributed by atoms with Crippen molar-refractivity contribution in [2.24, 2.45) is 0 Å². The Morgan fingerprint density at radius 3 is 1.50 bits per heavy atom. The number of nitrogens with zero attached hydrogens (tertiary/aromatic N) is 1. The highest BCUT2D eigenvalue weighted by Gasteiger charge is 2.09. The molecule has 1 nitrogen and oxygen atoms in total. The maximum absolute atomic E-state index is 3.31. The number of rotatable bonds is 3. The molecule has 0 radical (unpaired) electrons. The molecule has 110 valence electrons.